The summed E-state index contributed by atoms with van der Waals surface area (Å²) in [6, 6.07) is 6.69. The van der Waals surface area contributed by atoms with E-state index in [1.54, 1.807) is 12.1 Å². The van der Waals surface area contributed by atoms with Gasteiger partial charge in [0.2, 0.25) is 0 Å². The molecule has 19 heavy (non-hydrogen) atoms. The SMILES string of the molecule is CCN(CC)C(N)=NCCCc1cccc(F)c1.I. The summed E-state index contributed by atoms with van der Waals surface area (Å²) in [6.45, 7) is 6.53. The third-order valence-electron chi connectivity index (χ3n) is 2.87. The first-order valence-electron chi connectivity index (χ1n) is 6.46. The predicted octanol–water partition coefficient (Wildman–Crippen LogP) is 3.03. The van der Waals surface area contributed by atoms with E-state index in [4.69, 9.17) is 5.73 Å². The van der Waals surface area contributed by atoms with E-state index >= 15 is 0 Å². The van der Waals surface area contributed by atoms with Crippen LogP contribution in [0.25, 0.3) is 0 Å². The maximum atomic E-state index is 12.9. The van der Waals surface area contributed by atoms with Crippen molar-refractivity contribution in [3.8, 4) is 0 Å². The van der Waals surface area contributed by atoms with Gasteiger partial charge < -0.3 is 10.6 Å². The molecule has 0 saturated carbocycles. The number of benzene rings is 1. The lowest BCUT2D eigenvalue weighted by Crippen LogP contribution is -2.37. The van der Waals surface area contributed by atoms with Crippen molar-refractivity contribution in [1.82, 2.24) is 4.90 Å². The largest absolute Gasteiger partial charge is 0.370 e. The molecular weight excluding hydrogens is 356 g/mol. The van der Waals surface area contributed by atoms with Crippen LogP contribution in [0.15, 0.2) is 29.3 Å². The van der Waals surface area contributed by atoms with Gasteiger partial charge in [0, 0.05) is 19.6 Å². The van der Waals surface area contributed by atoms with E-state index in [-0.39, 0.29) is 29.8 Å². The summed E-state index contributed by atoms with van der Waals surface area (Å²) in [5.41, 5.74) is 6.86. The third-order valence-corrected chi connectivity index (χ3v) is 2.87. The van der Waals surface area contributed by atoms with Crippen LogP contribution in [-0.2, 0) is 6.42 Å². The van der Waals surface area contributed by atoms with E-state index in [1.165, 1.54) is 6.07 Å². The van der Waals surface area contributed by atoms with Gasteiger partial charge in [-0.15, -0.1) is 24.0 Å². The van der Waals surface area contributed by atoms with E-state index in [0.29, 0.717) is 12.5 Å². The lowest BCUT2D eigenvalue weighted by molar-refractivity contribution is 0.458. The van der Waals surface area contributed by atoms with Crippen LogP contribution in [0.3, 0.4) is 0 Å². The summed E-state index contributed by atoms with van der Waals surface area (Å²) in [4.78, 5) is 6.35. The second kappa shape index (κ2) is 10.00. The van der Waals surface area contributed by atoms with Crippen molar-refractivity contribution in [2.24, 2.45) is 10.7 Å². The molecule has 0 radical (unpaired) electrons. The molecule has 0 saturated heterocycles. The standard InChI is InChI=1S/C14H22FN3.HI/c1-3-18(4-2)14(16)17-10-6-8-12-7-5-9-13(15)11-12;/h5,7,9,11H,3-4,6,8,10H2,1-2H3,(H2,16,17);1H. The van der Waals surface area contributed by atoms with Gasteiger partial charge in [0.1, 0.15) is 5.82 Å². The lowest BCUT2D eigenvalue weighted by atomic mass is 10.1. The first-order valence-corrected chi connectivity index (χ1v) is 6.46. The molecule has 1 aromatic carbocycles. The molecule has 0 spiro atoms. The molecule has 5 heteroatoms. The molecule has 0 heterocycles. The number of nitrogens with two attached hydrogens (primary N) is 1. The second-order valence-electron chi connectivity index (χ2n) is 4.15. The fourth-order valence-electron chi connectivity index (χ4n) is 1.82. The summed E-state index contributed by atoms with van der Waals surface area (Å²) in [6.07, 6.45) is 1.71. The van der Waals surface area contributed by atoms with Crippen LogP contribution < -0.4 is 5.73 Å². The average molecular weight is 379 g/mol. The average Bonchev–Trinajstić information content (AvgIpc) is 2.36. The molecule has 0 aliphatic carbocycles. The number of aryl methyl sites for hydroxylation is 1. The molecule has 0 amide bonds. The Bertz CT molecular complexity index is 392. The van der Waals surface area contributed by atoms with E-state index in [0.717, 1.165) is 31.5 Å². The highest BCUT2D eigenvalue weighted by atomic mass is 127. The van der Waals surface area contributed by atoms with Gasteiger partial charge in [-0.3, -0.25) is 4.99 Å². The Kier molecular flexibility index (Phi) is 9.55. The third kappa shape index (κ3) is 6.75. The Morgan fingerprint density at radius 2 is 2.00 bits per heavy atom. The van der Waals surface area contributed by atoms with Crippen LogP contribution in [0.5, 0.6) is 0 Å². The van der Waals surface area contributed by atoms with Crippen LogP contribution in [0.1, 0.15) is 25.8 Å². The van der Waals surface area contributed by atoms with Crippen LogP contribution in [0.4, 0.5) is 4.39 Å². The van der Waals surface area contributed by atoms with E-state index in [1.807, 2.05) is 11.0 Å². The van der Waals surface area contributed by atoms with E-state index < -0.39 is 0 Å². The zero-order valence-corrected chi connectivity index (χ0v) is 13.9. The maximum absolute atomic E-state index is 12.9. The molecule has 108 valence electrons. The molecule has 0 bridgehead atoms. The quantitative estimate of drug-likeness (QED) is 0.357. The minimum Gasteiger partial charge on any atom is -0.370 e. The summed E-state index contributed by atoms with van der Waals surface area (Å²) in [5.74, 6) is 0.415. The molecule has 2 N–H and O–H groups in total. The van der Waals surface area contributed by atoms with Crippen molar-refractivity contribution in [2.75, 3.05) is 19.6 Å². The minimum absolute atomic E-state index is 0. The zero-order chi connectivity index (χ0) is 13.4. The Morgan fingerprint density at radius 1 is 1.32 bits per heavy atom. The van der Waals surface area contributed by atoms with Crippen molar-refractivity contribution in [3.05, 3.63) is 35.6 Å². The molecule has 0 aliphatic rings. The number of guanidine groups is 1. The number of hydrogen-bond acceptors (Lipinski definition) is 1. The first-order chi connectivity index (χ1) is 8.67. The highest BCUT2D eigenvalue weighted by Crippen LogP contribution is 2.06. The summed E-state index contributed by atoms with van der Waals surface area (Å²) >= 11 is 0. The fourth-order valence-corrected chi connectivity index (χ4v) is 1.82. The molecule has 0 aliphatic heterocycles. The molecule has 3 nitrogen and oxygen atoms in total. The van der Waals surface area contributed by atoms with Crippen molar-refractivity contribution in [1.29, 1.82) is 0 Å². The van der Waals surface area contributed by atoms with Gasteiger partial charge in [-0.1, -0.05) is 12.1 Å². The van der Waals surface area contributed by atoms with Crippen molar-refractivity contribution >= 4 is 29.9 Å². The molecule has 0 atom stereocenters. The number of nitrogens with zero attached hydrogens (tertiary/aromatic N) is 2. The minimum atomic E-state index is -0.182. The molecule has 0 unspecified atom stereocenters. The maximum Gasteiger partial charge on any atom is 0.191 e. The number of halogens is 2. The smallest absolute Gasteiger partial charge is 0.191 e. The molecule has 1 rings (SSSR count). The van der Waals surface area contributed by atoms with Crippen LogP contribution in [0.2, 0.25) is 0 Å². The Hall–Kier alpha value is -0.850. The highest BCUT2D eigenvalue weighted by molar-refractivity contribution is 14.0. The van der Waals surface area contributed by atoms with Gasteiger partial charge in [-0.05, 0) is 44.4 Å². The van der Waals surface area contributed by atoms with Crippen LogP contribution >= 0.6 is 24.0 Å². The fraction of sp³-hybridized carbons (Fsp3) is 0.500. The molecule has 0 fully saturated rings. The van der Waals surface area contributed by atoms with Crippen LogP contribution in [0, 0.1) is 5.82 Å². The number of rotatable bonds is 6. The van der Waals surface area contributed by atoms with Gasteiger partial charge >= 0.3 is 0 Å². The van der Waals surface area contributed by atoms with E-state index in [9.17, 15) is 4.39 Å². The van der Waals surface area contributed by atoms with Crippen molar-refractivity contribution in [2.45, 2.75) is 26.7 Å². The van der Waals surface area contributed by atoms with Gasteiger partial charge in [0.15, 0.2) is 5.96 Å². The lowest BCUT2D eigenvalue weighted by Gasteiger charge is -2.19. The summed E-state index contributed by atoms with van der Waals surface area (Å²) < 4.78 is 12.9. The van der Waals surface area contributed by atoms with Crippen molar-refractivity contribution in [3.63, 3.8) is 0 Å². The Balaban J connectivity index is 0.00000324. The molecular formula is C14H23FIN3. The topological polar surface area (TPSA) is 41.6 Å². The Labute approximate surface area is 132 Å². The highest BCUT2D eigenvalue weighted by Gasteiger charge is 2.01. The normalized spacial score (nSPS) is 11.0. The van der Waals surface area contributed by atoms with Gasteiger partial charge in [-0.2, -0.15) is 0 Å². The van der Waals surface area contributed by atoms with Gasteiger partial charge in [0.25, 0.3) is 0 Å². The second-order valence-corrected chi connectivity index (χ2v) is 4.15. The Morgan fingerprint density at radius 3 is 2.58 bits per heavy atom. The number of hydrogen-bond donors (Lipinski definition) is 1. The van der Waals surface area contributed by atoms with Gasteiger partial charge in [0.05, 0.1) is 0 Å². The number of aliphatic imine (C=N–C) groups is 1. The van der Waals surface area contributed by atoms with E-state index in [2.05, 4.69) is 18.8 Å². The van der Waals surface area contributed by atoms with Crippen LogP contribution in [-0.4, -0.2) is 30.5 Å². The molecule has 0 aromatic heterocycles. The predicted molar refractivity (Wildman–Crippen MR) is 89.5 cm³/mol. The van der Waals surface area contributed by atoms with Gasteiger partial charge in [-0.25, -0.2) is 4.39 Å². The summed E-state index contributed by atoms with van der Waals surface area (Å²) in [5, 5.41) is 0. The first kappa shape index (κ1) is 18.1. The zero-order valence-electron chi connectivity index (χ0n) is 11.6. The summed E-state index contributed by atoms with van der Waals surface area (Å²) in [7, 11) is 0. The monoisotopic (exact) mass is 379 g/mol. The molecule has 1 aromatic rings. The van der Waals surface area contributed by atoms with Crippen molar-refractivity contribution < 1.29 is 4.39 Å².